The Morgan fingerprint density at radius 3 is 2.62 bits per heavy atom. The van der Waals surface area contributed by atoms with Gasteiger partial charge in [0.25, 0.3) is 0 Å². The van der Waals surface area contributed by atoms with Gasteiger partial charge in [-0.25, -0.2) is 9.37 Å². The second kappa shape index (κ2) is 10.0. The van der Waals surface area contributed by atoms with Gasteiger partial charge >= 0.3 is 0 Å². The molecular weight excluding hydrogens is 429 g/mol. The van der Waals surface area contributed by atoms with E-state index in [9.17, 15) is 0 Å². The van der Waals surface area contributed by atoms with E-state index in [4.69, 9.17) is 0 Å². The van der Waals surface area contributed by atoms with Crippen molar-refractivity contribution in [2.45, 2.75) is 20.3 Å². The number of aromatic amines is 1. The number of anilines is 1. The molecule has 1 N–H and O–H groups in total. The third-order valence-electron chi connectivity index (χ3n) is 6.92. The number of piperazine rings is 1. The molecule has 5 rings (SSSR count). The Morgan fingerprint density at radius 1 is 1.06 bits per heavy atom. The summed E-state index contributed by atoms with van der Waals surface area (Å²) in [7, 11) is 0. The lowest BCUT2D eigenvalue weighted by atomic mass is 10.1. The summed E-state index contributed by atoms with van der Waals surface area (Å²) in [5, 5.41) is 1.77. The molecule has 4 aromatic rings. The molecule has 34 heavy (non-hydrogen) atoms. The van der Waals surface area contributed by atoms with E-state index in [1.807, 2.05) is 18.2 Å². The fourth-order valence-corrected chi connectivity index (χ4v) is 4.95. The van der Waals surface area contributed by atoms with E-state index in [-0.39, 0.29) is 5.82 Å². The molecule has 1 saturated heterocycles. The highest BCUT2D eigenvalue weighted by molar-refractivity contribution is 6.12. The summed E-state index contributed by atoms with van der Waals surface area (Å²) < 4.78 is 15.2. The van der Waals surface area contributed by atoms with Crippen LogP contribution in [-0.2, 0) is 0 Å². The molecule has 0 amide bonds. The zero-order valence-corrected chi connectivity index (χ0v) is 20.0. The predicted octanol–water partition coefficient (Wildman–Crippen LogP) is 4.17. The van der Waals surface area contributed by atoms with Crippen LogP contribution in [-0.4, -0.2) is 82.1 Å². The molecule has 0 saturated carbocycles. The maximum absolute atomic E-state index is 15.2. The van der Waals surface area contributed by atoms with Crippen LogP contribution in [0.5, 0.6) is 0 Å². The fraction of sp³-hybridized carbons (Fsp3) is 0.423. The SMILES string of the molecule is CCN(CC)CCCN1CCN(c2c(F)cnc3[nH]c4cnc(-c5cccnc5)cc4c23)CC1. The van der Waals surface area contributed by atoms with Gasteiger partial charge in [-0.1, -0.05) is 13.8 Å². The Hall–Kier alpha value is -3.10. The summed E-state index contributed by atoms with van der Waals surface area (Å²) in [4.78, 5) is 23.6. The number of H-pyrrole nitrogens is 1. The van der Waals surface area contributed by atoms with Gasteiger partial charge < -0.3 is 14.8 Å². The summed E-state index contributed by atoms with van der Waals surface area (Å²) in [5.41, 5.74) is 3.94. The van der Waals surface area contributed by atoms with Crippen molar-refractivity contribution in [3.8, 4) is 11.3 Å². The van der Waals surface area contributed by atoms with Gasteiger partial charge in [-0.2, -0.15) is 0 Å². The normalized spacial score (nSPS) is 15.1. The summed E-state index contributed by atoms with van der Waals surface area (Å²) in [6, 6.07) is 5.89. The van der Waals surface area contributed by atoms with E-state index < -0.39 is 0 Å². The highest BCUT2D eigenvalue weighted by atomic mass is 19.1. The molecule has 0 aliphatic carbocycles. The second-order valence-corrected chi connectivity index (χ2v) is 8.87. The minimum absolute atomic E-state index is 0.275. The van der Waals surface area contributed by atoms with Crippen molar-refractivity contribution in [2.24, 2.45) is 0 Å². The molecule has 1 aliphatic rings. The number of rotatable bonds is 8. The van der Waals surface area contributed by atoms with E-state index in [1.54, 1.807) is 18.6 Å². The molecule has 1 aliphatic heterocycles. The molecule has 0 aromatic carbocycles. The van der Waals surface area contributed by atoms with Crippen LogP contribution in [0, 0.1) is 5.82 Å². The van der Waals surface area contributed by atoms with Gasteiger partial charge in [0.15, 0.2) is 5.82 Å². The maximum atomic E-state index is 15.2. The largest absolute Gasteiger partial charge is 0.366 e. The van der Waals surface area contributed by atoms with E-state index >= 15 is 4.39 Å². The molecule has 0 unspecified atom stereocenters. The molecule has 178 valence electrons. The van der Waals surface area contributed by atoms with Gasteiger partial charge in [-0.15, -0.1) is 0 Å². The van der Waals surface area contributed by atoms with Gasteiger partial charge in [-0.05, 0) is 50.8 Å². The molecule has 5 heterocycles. The van der Waals surface area contributed by atoms with Crippen LogP contribution < -0.4 is 4.90 Å². The van der Waals surface area contributed by atoms with Crippen molar-refractivity contribution in [2.75, 3.05) is 57.3 Å². The smallest absolute Gasteiger partial charge is 0.165 e. The van der Waals surface area contributed by atoms with Gasteiger partial charge in [0.1, 0.15) is 5.65 Å². The van der Waals surface area contributed by atoms with Crippen molar-refractivity contribution >= 4 is 27.6 Å². The first-order chi connectivity index (χ1) is 16.7. The average molecular weight is 462 g/mol. The van der Waals surface area contributed by atoms with Crippen LogP contribution in [0.15, 0.2) is 43.0 Å². The Labute approximate surface area is 199 Å². The van der Waals surface area contributed by atoms with Crippen LogP contribution in [0.2, 0.25) is 0 Å². The van der Waals surface area contributed by atoms with Gasteiger partial charge in [0.05, 0.1) is 34.7 Å². The van der Waals surface area contributed by atoms with E-state index in [1.165, 1.54) is 12.6 Å². The lowest BCUT2D eigenvalue weighted by molar-refractivity contribution is 0.227. The minimum atomic E-state index is -0.275. The van der Waals surface area contributed by atoms with Crippen LogP contribution in [0.1, 0.15) is 20.3 Å². The molecule has 8 heteroatoms. The topological polar surface area (TPSA) is 64.2 Å². The highest BCUT2D eigenvalue weighted by Crippen LogP contribution is 2.36. The van der Waals surface area contributed by atoms with Crippen molar-refractivity contribution in [3.63, 3.8) is 0 Å². The van der Waals surface area contributed by atoms with E-state index in [2.05, 4.69) is 48.5 Å². The first-order valence-electron chi connectivity index (χ1n) is 12.2. The van der Waals surface area contributed by atoms with Crippen molar-refractivity contribution < 1.29 is 4.39 Å². The van der Waals surface area contributed by atoms with Crippen LogP contribution in [0.3, 0.4) is 0 Å². The van der Waals surface area contributed by atoms with Crippen LogP contribution in [0.25, 0.3) is 33.2 Å². The summed E-state index contributed by atoms with van der Waals surface area (Å²) in [5.74, 6) is -0.275. The molecule has 0 radical (unpaired) electrons. The van der Waals surface area contributed by atoms with E-state index in [0.717, 1.165) is 79.9 Å². The monoisotopic (exact) mass is 461 g/mol. The van der Waals surface area contributed by atoms with E-state index in [0.29, 0.717) is 11.3 Å². The number of fused-ring (bicyclic) bond motifs is 3. The third-order valence-corrected chi connectivity index (χ3v) is 6.92. The number of nitrogens with one attached hydrogen (secondary N) is 1. The number of nitrogens with zero attached hydrogens (tertiary/aromatic N) is 6. The van der Waals surface area contributed by atoms with Gasteiger partial charge in [0.2, 0.25) is 0 Å². The minimum Gasteiger partial charge on any atom is -0.366 e. The Morgan fingerprint density at radius 2 is 1.88 bits per heavy atom. The van der Waals surface area contributed by atoms with Crippen molar-refractivity contribution in [1.82, 2.24) is 29.7 Å². The maximum Gasteiger partial charge on any atom is 0.165 e. The average Bonchev–Trinajstić information content (AvgIpc) is 3.25. The van der Waals surface area contributed by atoms with Gasteiger partial charge in [0, 0.05) is 49.5 Å². The van der Waals surface area contributed by atoms with Crippen molar-refractivity contribution in [3.05, 3.63) is 48.8 Å². The zero-order chi connectivity index (χ0) is 23.5. The Bertz CT molecular complexity index is 1240. The predicted molar refractivity (Wildman–Crippen MR) is 136 cm³/mol. The Balaban J connectivity index is 1.40. The van der Waals surface area contributed by atoms with Crippen LogP contribution in [0.4, 0.5) is 10.1 Å². The van der Waals surface area contributed by atoms with Gasteiger partial charge in [-0.3, -0.25) is 14.9 Å². The molecule has 0 atom stereocenters. The number of hydrogen-bond donors (Lipinski definition) is 1. The molecule has 7 nitrogen and oxygen atoms in total. The lowest BCUT2D eigenvalue weighted by Gasteiger charge is -2.36. The fourth-order valence-electron chi connectivity index (χ4n) is 4.95. The molecule has 0 spiro atoms. The number of pyridine rings is 3. The lowest BCUT2D eigenvalue weighted by Crippen LogP contribution is -2.47. The Kier molecular flexibility index (Phi) is 6.69. The zero-order valence-electron chi connectivity index (χ0n) is 20.0. The third kappa shape index (κ3) is 4.48. The number of hydrogen-bond acceptors (Lipinski definition) is 6. The second-order valence-electron chi connectivity index (χ2n) is 8.87. The molecule has 1 fully saturated rings. The summed E-state index contributed by atoms with van der Waals surface area (Å²) in [6.07, 6.45) is 7.84. The number of halogens is 1. The quantitative estimate of drug-likeness (QED) is 0.425. The van der Waals surface area contributed by atoms with Crippen molar-refractivity contribution in [1.29, 1.82) is 0 Å². The first-order valence-corrected chi connectivity index (χ1v) is 12.2. The van der Waals surface area contributed by atoms with Crippen LogP contribution >= 0.6 is 0 Å². The first kappa shape index (κ1) is 22.7. The summed E-state index contributed by atoms with van der Waals surface area (Å²) >= 11 is 0. The standard InChI is InChI=1S/C26H32FN7/c1-3-32(4-2)9-6-10-33-11-13-34(14-12-33)25-21(27)17-30-26-24(25)20-15-22(29-18-23(20)31-26)19-7-5-8-28-16-19/h5,7-8,15-18H,3-4,6,9-14H2,1-2H3,(H,30,31). The highest BCUT2D eigenvalue weighted by Gasteiger charge is 2.24. The number of aromatic nitrogens is 4. The summed E-state index contributed by atoms with van der Waals surface area (Å²) in [6.45, 7) is 12.3. The molecular formula is C26H32FN7. The molecule has 4 aromatic heterocycles. The molecule has 0 bridgehead atoms.